The minimum Gasteiger partial charge on any atom is -0.299 e. The van der Waals surface area contributed by atoms with Gasteiger partial charge in [0, 0.05) is 11.5 Å². The first-order valence-electron chi connectivity index (χ1n) is 4.98. The highest BCUT2D eigenvalue weighted by Gasteiger charge is 2.47. The number of Topliss-reactive ketones (excluding diaryl/α,β-unsaturated/α-hetero) is 1. The summed E-state index contributed by atoms with van der Waals surface area (Å²) in [4.78, 5) is 11.3. The minimum atomic E-state index is -0.580. The maximum Gasteiger partial charge on any atom is 0.136 e. The molecule has 1 aromatic rings. The molecule has 0 aliphatic heterocycles. The Labute approximate surface area is 87.1 Å². The molecule has 0 aromatic heterocycles. The van der Waals surface area contributed by atoms with Gasteiger partial charge in [0.25, 0.3) is 0 Å². The first kappa shape index (κ1) is 10.3. The fraction of sp³-hybridized carbons (Fsp3) is 0.417. The summed E-state index contributed by atoms with van der Waals surface area (Å²) in [5, 5.41) is 0. The van der Waals surface area contributed by atoms with Gasteiger partial charge in [-0.05, 0) is 37.8 Å². The van der Waals surface area contributed by atoms with Gasteiger partial charge in [-0.3, -0.25) is 4.79 Å². The van der Waals surface area contributed by atoms with Crippen LogP contribution < -0.4 is 0 Å². The van der Waals surface area contributed by atoms with Crippen LogP contribution in [0.5, 0.6) is 0 Å². The molecule has 0 heterocycles. The number of hydrogen-bond donors (Lipinski definition) is 0. The standard InChI is InChI=1S/C12H12F2O/c1-8(15)12(4-5-12)7-9-2-3-10(13)6-11(9)14/h2-3,6H,4-5,7H2,1H3. The largest absolute Gasteiger partial charge is 0.299 e. The van der Waals surface area contributed by atoms with Crippen LogP contribution in [0, 0.1) is 17.0 Å². The zero-order valence-electron chi connectivity index (χ0n) is 8.52. The van der Waals surface area contributed by atoms with E-state index in [4.69, 9.17) is 0 Å². The van der Waals surface area contributed by atoms with E-state index in [1.165, 1.54) is 19.1 Å². The Balaban J connectivity index is 2.21. The number of rotatable bonds is 3. The van der Waals surface area contributed by atoms with Crippen molar-refractivity contribution in [1.82, 2.24) is 0 Å². The summed E-state index contributed by atoms with van der Waals surface area (Å²) in [5.41, 5.74) is 0.0719. The van der Waals surface area contributed by atoms with Gasteiger partial charge in [-0.2, -0.15) is 0 Å². The van der Waals surface area contributed by atoms with Crippen molar-refractivity contribution in [3.8, 4) is 0 Å². The lowest BCUT2D eigenvalue weighted by atomic mass is 9.92. The molecule has 2 rings (SSSR count). The van der Waals surface area contributed by atoms with E-state index in [0.717, 1.165) is 18.9 Å². The molecular weight excluding hydrogens is 198 g/mol. The molecule has 1 nitrogen and oxygen atoms in total. The number of ketones is 1. The second kappa shape index (κ2) is 3.40. The molecule has 0 amide bonds. The predicted octanol–water partition coefficient (Wildman–Crippen LogP) is 2.88. The number of halogens is 2. The average molecular weight is 210 g/mol. The summed E-state index contributed by atoms with van der Waals surface area (Å²) < 4.78 is 26.0. The number of carbonyl (C=O) groups is 1. The molecule has 1 aliphatic carbocycles. The maximum absolute atomic E-state index is 13.3. The Kier molecular flexibility index (Phi) is 2.33. The van der Waals surface area contributed by atoms with Gasteiger partial charge in [0.15, 0.2) is 0 Å². The molecule has 1 saturated carbocycles. The van der Waals surface area contributed by atoms with Gasteiger partial charge in [0.05, 0.1) is 0 Å². The zero-order chi connectivity index (χ0) is 11.1. The molecule has 1 fully saturated rings. The Morgan fingerprint density at radius 3 is 2.53 bits per heavy atom. The van der Waals surface area contributed by atoms with Crippen molar-refractivity contribution >= 4 is 5.78 Å². The molecule has 3 heteroatoms. The summed E-state index contributed by atoms with van der Waals surface area (Å²) in [6.07, 6.45) is 2.03. The van der Waals surface area contributed by atoms with Gasteiger partial charge in [0.1, 0.15) is 17.4 Å². The number of carbonyl (C=O) groups excluding carboxylic acids is 1. The van der Waals surface area contributed by atoms with Gasteiger partial charge in [0.2, 0.25) is 0 Å². The zero-order valence-corrected chi connectivity index (χ0v) is 8.52. The molecule has 0 unspecified atom stereocenters. The van der Waals surface area contributed by atoms with Crippen LogP contribution in [0.1, 0.15) is 25.3 Å². The van der Waals surface area contributed by atoms with Crippen molar-refractivity contribution in [1.29, 1.82) is 0 Å². The lowest BCUT2D eigenvalue weighted by Gasteiger charge is -2.11. The minimum absolute atomic E-state index is 0.103. The van der Waals surface area contributed by atoms with Crippen LogP contribution in [0.2, 0.25) is 0 Å². The van der Waals surface area contributed by atoms with E-state index in [1.54, 1.807) is 0 Å². The van der Waals surface area contributed by atoms with Crippen molar-refractivity contribution in [3.05, 3.63) is 35.4 Å². The van der Waals surface area contributed by atoms with E-state index < -0.39 is 11.6 Å². The summed E-state index contributed by atoms with van der Waals surface area (Å²) in [6.45, 7) is 1.54. The maximum atomic E-state index is 13.3. The molecular formula is C12H12F2O. The second-order valence-corrected chi connectivity index (χ2v) is 4.25. The van der Waals surface area contributed by atoms with Crippen LogP contribution in [0.3, 0.4) is 0 Å². The van der Waals surface area contributed by atoms with Crippen LogP contribution in [-0.2, 0) is 11.2 Å². The van der Waals surface area contributed by atoms with Crippen LogP contribution >= 0.6 is 0 Å². The SMILES string of the molecule is CC(=O)C1(Cc2ccc(F)cc2F)CC1. The lowest BCUT2D eigenvalue weighted by Crippen LogP contribution is -2.15. The quantitative estimate of drug-likeness (QED) is 0.749. The van der Waals surface area contributed by atoms with E-state index in [-0.39, 0.29) is 11.2 Å². The van der Waals surface area contributed by atoms with E-state index >= 15 is 0 Å². The highest BCUT2D eigenvalue weighted by atomic mass is 19.1. The fourth-order valence-electron chi connectivity index (χ4n) is 1.83. The summed E-state index contributed by atoms with van der Waals surface area (Å²) >= 11 is 0. The third kappa shape index (κ3) is 1.91. The van der Waals surface area contributed by atoms with Crippen molar-refractivity contribution in [2.45, 2.75) is 26.2 Å². The molecule has 80 valence electrons. The van der Waals surface area contributed by atoms with Gasteiger partial charge >= 0.3 is 0 Å². The molecule has 0 bridgehead atoms. The van der Waals surface area contributed by atoms with E-state index in [9.17, 15) is 13.6 Å². The Morgan fingerprint density at radius 2 is 2.07 bits per heavy atom. The molecule has 0 atom stereocenters. The average Bonchev–Trinajstić information content (AvgIpc) is 2.91. The predicted molar refractivity (Wildman–Crippen MR) is 52.4 cm³/mol. The normalized spacial score (nSPS) is 17.5. The Hall–Kier alpha value is -1.25. The summed E-state index contributed by atoms with van der Waals surface area (Å²) in [6, 6.07) is 3.52. The topological polar surface area (TPSA) is 17.1 Å². The first-order valence-corrected chi connectivity index (χ1v) is 4.98. The molecule has 0 saturated heterocycles. The van der Waals surface area contributed by atoms with Crippen molar-refractivity contribution < 1.29 is 13.6 Å². The molecule has 0 spiro atoms. The number of hydrogen-bond acceptors (Lipinski definition) is 1. The van der Waals surface area contributed by atoms with Crippen molar-refractivity contribution in [2.75, 3.05) is 0 Å². The Morgan fingerprint density at radius 1 is 1.40 bits per heavy atom. The van der Waals surface area contributed by atoms with Crippen LogP contribution in [0.15, 0.2) is 18.2 Å². The lowest BCUT2D eigenvalue weighted by molar-refractivity contribution is -0.121. The van der Waals surface area contributed by atoms with Gasteiger partial charge in [-0.15, -0.1) is 0 Å². The monoisotopic (exact) mass is 210 g/mol. The van der Waals surface area contributed by atoms with Gasteiger partial charge < -0.3 is 0 Å². The summed E-state index contributed by atoms with van der Waals surface area (Å²) in [5.74, 6) is -1.03. The number of benzene rings is 1. The van der Waals surface area contributed by atoms with Crippen LogP contribution in [-0.4, -0.2) is 5.78 Å². The fourth-order valence-corrected chi connectivity index (χ4v) is 1.83. The summed E-state index contributed by atoms with van der Waals surface area (Å²) in [7, 11) is 0. The van der Waals surface area contributed by atoms with Gasteiger partial charge in [-0.1, -0.05) is 6.07 Å². The van der Waals surface area contributed by atoms with Gasteiger partial charge in [-0.25, -0.2) is 8.78 Å². The van der Waals surface area contributed by atoms with E-state index in [2.05, 4.69) is 0 Å². The first-order chi connectivity index (χ1) is 7.03. The van der Waals surface area contributed by atoms with Crippen molar-refractivity contribution in [2.24, 2.45) is 5.41 Å². The smallest absolute Gasteiger partial charge is 0.136 e. The molecule has 15 heavy (non-hydrogen) atoms. The third-order valence-electron chi connectivity index (χ3n) is 3.14. The molecule has 0 radical (unpaired) electrons. The molecule has 1 aromatic carbocycles. The van der Waals surface area contributed by atoms with E-state index in [1.807, 2.05) is 0 Å². The third-order valence-corrected chi connectivity index (χ3v) is 3.14. The molecule has 0 N–H and O–H groups in total. The van der Waals surface area contributed by atoms with Crippen LogP contribution in [0.4, 0.5) is 8.78 Å². The second-order valence-electron chi connectivity index (χ2n) is 4.25. The van der Waals surface area contributed by atoms with Crippen LogP contribution in [0.25, 0.3) is 0 Å². The molecule has 1 aliphatic rings. The van der Waals surface area contributed by atoms with E-state index in [0.29, 0.717) is 12.0 Å². The Bertz CT molecular complexity index is 408. The highest BCUT2D eigenvalue weighted by molar-refractivity contribution is 5.85. The van der Waals surface area contributed by atoms with Crippen molar-refractivity contribution in [3.63, 3.8) is 0 Å². The highest BCUT2D eigenvalue weighted by Crippen LogP contribution is 2.49.